The van der Waals surface area contributed by atoms with Gasteiger partial charge in [0.05, 0.1) is 6.54 Å². The number of hydrogen-bond acceptors (Lipinski definition) is 1. The van der Waals surface area contributed by atoms with Crippen LogP contribution in [0.5, 0.6) is 0 Å². The predicted molar refractivity (Wildman–Crippen MR) is 100 cm³/mol. The number of carbonyl (C=O) groups excluding carboxylic acids is 1. The molecule has 2 aromatic rings. The van der Waals surface area contributed by atoms with Gasteiger partial charge in [-0.05, 0) is 43.5 Å². The Kier molecular flexibility index (Phi) is 6.92. The first kappa shape index (κ1) is 18.6. The van der Waals surface area contributed by atoms with Crippen molar-refractivity contribution in [1.29, 1.82) is 0 Å². The second-order valence-electron chi connectivity index (χ2n) is 6.28. The van der Waals surface area contributed by atoms with Crippen LogP contribution in [0.2, 0.25) is 0 Å². The van der Waals surface area contributed by atoms with E-state index in [0.717, 1.165) is 31.6 Å². The highest BCUT2D eigenvalue weighted by Crippen LogP contribution is 2.15. The van der Waals surface area contributed by atoms with Gasteiger partial charge in [-0.2, -0.15) is 0 Å². The minimum Gasteiger partial charge on any atom is -0.345 e. The molecular weight excluding hydrogens is 320 g/mol. The number of unbranched alkanes of at least 4 members (excludes halogenated alkanes) is 1. The molecule has 2 rings (SSSR count). The smallest absolute Gasteiger partial charge is 0.240 e. The van der Waals surface area contributed by atoms with Crippen molar-refractivity contribution >= 4 is 17.5 Å². The summed E-state index contributed by atoms with van der Waals surface area (Å²) in [5.41, 5.74) is 3.72. The average molecular weight is 347 g/mol. The summed E-state index contributed by atoms with van der Waals surface area (Å²) in [7, 11) is 0. The molecule has 0 bridgehead atoms. The lowest BCUT2D eigenvalue weighted by Gasteiger charge is -2.24. The number of benzene rings is 1. The zero-order valence-corrected chi connectivity index (χ0v) is 15.6. The molecule has 130 valence electrons. The Bertz CT molecular complexity index is 663. The van der Waals surface area contributed by atoms with E-state index in [2.05, 4.69) is 54.9 Å². The molecule has 0 aliphatic heterocycles. The largest absolute Gasteiger partial charge is 0.345 e. The summed E-state index contributed by atoms with van der Waals surface area (Å²) in [5, 5.41) is -0.485. The minimum absolute atomic E-state index is 0.00811. The van der Waals surface area contributed by atoms with Crippen LogP contribution in [0.25, 0.3) is 0 Å². The molecule has 1 atom stereocenters. The first-order chi connectivity index (χ1) is 11.5. The molecule has 1 aromatic carbocycles. The SMILES string of the molecule is CCCCN(Cc1cccn1Cc1ccccc1C)C(=O)[C@H](C)Cl. The minimum atomic E-state index is -0.485. The molecule has 0 N–H and O–H groups in total. The number of alkyl halides is 1. The fourth-order valence-electron chi connectivity index (χ4n) is 2.78. The fraction of sp³-hybridized carbons (Fsp3) is 0.450. The molecule has 0 radical (unpaired) electrons. The number of hydrogen-bond donors (Lipinski definition) is 0. The van der Waals surface area contributed by atoms with Gasteiger partial charge < -0.3 is 9.47 Å². The maximum Gasteiger partial charge on any atom is 0.240 e. The lowest BCUT2D eigenvalue weighted by Crippen LogP contribution is -2.36. The molecule has 0 unspecified atom stereocenters. The topological polar surface area (TPSA) is 25.2 Å². The number of amides is 1. The predicted octanol–water partition coefficient (Wildman–Crippen LogP) is 4.60. The highest BCUT2D eigenvalue weighted by molar-refractivity contribution is 6.30. The molecule has 3 nitrogen and oxygen atoms in total. The van der Waals surface area contributed by atoms with Gasteiger partial charge in [-0.25, -0.2) is 0 Å². The molecule has 1 aromatic heterocycles. The van der Waals surface area contributed by atoms with Crippen LogP contribution in [0, 0.1) is 6.92 Å². The third-order valence-corrected chi connectivity index (χ3v) is 4.50. The van der Waals surface area contributed by atoms with Crippen molar-refractivity contribution in [3.63, 3.8) is 0 Å². The highest BCUT2D eigenvalue weighted by Gasteiger charge is 2.19. The van der Waals surface area contributed by atoms with Crippen LogP contribution in [-0.4, -0.2) is 27.3 Å². The zero-order chi connectivity index (χ0) is 17.5. The molecule has 0 saturated carbocycles. The van der Waals surface area contributed by atoms with Crippen molar-refractivity contribution in [2.75, 3.05) is 6.54 Å². The summed E-state index contributed by atoms with van der Waals surface area (Å²) in [6.45, 7) is 8.19. The Morgan fingerprint density at radius 2 is 2.00 bits per heavy atom. The lowest BCUT2D eigenvalue weighted by molar-refractivity contribution is -0.131. The van der Waals surface area contributed by atoms with Crippen molar-refractivity contribution in [2.45, 2.75) is 52.1 Å². The number of nitrogens with zero attached hydrogens (tertiary/aromatic N) is 2. The lowest BCUT2D eigenvalue weighted by atomic mass is 10.1. The van der Waals surface area contributed by atoms with E-state index in [1.165, 1.54) is 11.1 Å². The Labute approximate surface area is 150 Å². The molecular formula is C20H27ClN2O. The molecule has 0 aliphatic carbocycles. The van der Waals surface area contributed by atoms with E-state index in [1.54, 1.807) is 6.92 Å². The van der Waals surface area contributed by atoms with Gasteiger partial charge in [0.2, 0.25) is 5.91 Å². The number of carbonyl (C=O) groups is 1. The van der Waals surface area contributed by atoms with Gasteiger partial charge >= 0.3 is 0 Å². The van der Waals surface area contributed by atoms with Crippen LogP contribution in [0.3, 0.4) is 0 Å². The molecule has 0 saturated heterocycles. The Balaban J connectivity index is 2.15. The van der Waals surface area contributed by atoms with E-state index in [0.29, 0.717) is 6.54 Å². The highest BCUT2D eigenvalue weighted by atomic mass is 35.5. The van der Waals surface area contributed by atoms with E-state index in [9.17, 15) is 4.79 Å². The Morgan fingerprint density at radius 1 is 1.25 bits per heavy atom. The van der Waals surface area contributed by atoms with Gasteiger partial charge in [0.15, 0.2) is 0 Å². The van der Waals surface area contributed by atoms with Crippen molar-refractivity contribution in [3.05, 3.63) is 59.4 Å². The normalized spacial score (nSPS) is 12.2. The van der Waals surface area contributed by atoms with Crippen molar-refractivity contribution in [3.8, 4) is 0 Å². The van der Waals surface area contributed by atoms with Crippen molar-refractivity contribution in [2.24, 2.45) is 0 Å². The average Bonchev–Trinajstić information content (AvgIpc) is 2.99. The monoisotopic (exact) mass is 346 g/mol. The third-order valence-electron chi connectivity index (χ3n) is 4.31. The Morgan fingerprint density at radius 3 is 2.67 bits per heavy atom. The quantitative estimate of drug-likeness (QED) is 0.641. The maximum atomic E-state index is 12.4. The van der Waals surface area contributed by atoms with Crippen LogP contribution < -0.4 is 0 Å². The van der Waals surface area contributed by atoms with Gasteiger partial charge in [-0.1, -0.05) is 37.6 Å². The summed E-state index contributed by atoms with van der Waals surface area (Å²) >= 11 is 6.03. The molecule has 0 fully saturated rings. The van der Waals surface area contributed by atoms with E-state index in [-0.39, 0.29) is 5.91 Å². The zero-order valence-electron chi connectivity index (χ0n) is 14.8. The van der Waals surface area contributed by atoms with E-state index in [4.69, 9.17) is 11.6 Å². The van der Waals surface area contributed by atoms with Crippen LogP contribution in [0.1, 0.15) is 43.5 Å². The van der Waals surface area contributed by atoms with E-state index >= 15 is 0 Å². The van der Waals surface area contributed by atoms with Crippen LogP contribution in [0.15, 0.2) is 42.6 Å². The molecule has 0 aliphatic rings. The summed E-state index contributed by atoms with van der Waals surface area (Å²) in [6, 6.07) is 12.5. The maximum absolute atomic E-state index is 12.4. The molecule has 1 heterocycles. The summed E-state index contributed by atoms with van der Waals surface area (Å²) in [4.78, 5) is 14.3. The first-order valence-corrected chi connectivity index (χ1v) is 9.08. The van der Waals surface area contributed by atoms with Crippen LogP contribution >= 0.6 is 11.6 Å². The van der Waals surface area contributed by atoms with Crippen molar-refractivity contribution in [1.82, 2.24) is 9.47 Å². The van der Waals surface area contributed by atoms with Gasteiger partial charge in [-0.15, -0.1) is 11.6 Å². The summed E-state index contributed by atoms with van der Waals surface area (Å²) < 4.78 is 2.22. The van der Waals surface area contributed by atoms with Crippen LogP contribution in [0.4, 0.5) is 0 Å². The summed E-state index contributed by atoms with van der Waals surface area (Å²) in [6.07, 6.45) is 4.13. The number of aromatic nitrogens is 1. The number of rotatable bonds is 8. The second-order valence-corrected chi connectivity index (χ2v) is 6.94. The Hall–Kier alpha value is -1.74. The van der Waals surface area contributed by atoms with Gasteiger partial charge in [0, 0.05) is 25.0 Å². The molecule has 0 spiro atoms. The van der Waals surface area contributed by atoms with Gasteiger partial charge in [-0.3, -0.25) is 4.79 Å². The van der Waals surface area contributed by atoms with E-state index < -0.39 is 5.38 Å². The molecule has 1 amide bonds. The van der Waals surface area contributed by atoms with Gasteiger partial charge in [0.25, 0.3) is 0 Å². The van der Waals surface area contributed by atoms with Crippen molar-refractivity contribution < 1.29 is 4.79 Å². The number of halogens is 1. The third kappa shape index (κ3) is 4.88. The van der Waals surface area contributed by atoms with E-state index in [1.807, 2.05) is 11.0 Å². The standard InChI is InChI=1S/C20H27ClN2O/c1-4-5-12-23(20(24)17(3)21)15-19-11-8-13-22(19)14-18-10-7-6-9-16(18)2/h6-11,13,17H,4-5,12,14-15H2,1-3H3/t17-/m0/s1. The van der Waals surface area contributed by atoms with Gasteiger partial charge in [0.1, 0.15) is 5.38 Å². The summed E-state index contributed by atoms with van der Waals surface area (Å²) in [5.74, 6) is 0.00811. The fourth-order valence-corrected chi connectivity index (χ4v) is 2.92. The molecule has 4 heteroatoms. The number of aryl methyl sites for hydroxylation is 1. The second kappa shape index (κ2) is 8.93. The van der Waals surface area contributed by atoms with Crippen LogP contribution in [-0.2, 0) is 17.9 Å². The molecule has 24 heavy (non-hydrogen) atoms. The first-order valence-electron chi connectivity index (χ1n) is 8.64.